The lowest BCUT2D eigenvalue weighted by atomic mass is 10.2. The summed E-state index contributed by atoms with van der Waals surface area (Å²) in [5.41, 5.74) is 1.51. The maximum absolute atomic E-state index is 14.1. The molecule has 1 N–H and O–H groups in total. The molecule has 0 bridgehead atoms. The third kappa shape index (κ3) is 3.69. The normalized spacial score (nSPS) is 11.8. The molecule has 0 fully saturated rings. The minimum Gasteiger partial charge on any atom is -0.320 e. The summed E-state index contributed by atoms with van der Waals surface area (Å²) in [6, 6.07) is 6.45. The van der Waals surface area contributed by atoms with Gasteiger partial charge in [0.25, 0.3) is 5.91 Å². The third-order valence-electron chi connectivity index (χ3n) is 5.08. The van der Waals surface area contributed by atoms with Gasteiger partial charge in [0, 0.05) is 0 Å². The van der Waals surface area contributed by atoms with Crippen LogP contribution < -0.4 is 5.32 Å². The molecule has 0 unspecified atom stereocenters. The molecule has 0 saturated heterocycles. The summed E-state index contributed by atoms with van der Waals surface area (Å²) in [6.07, 6.45) is -0.954. The number of amides is 1. The molecule has 4 aromatic heterocycles. The number of aromatic nitrogens is 7. The summed E-state index contributed by atoms with van der Waals surface area (Å²) in [5, 5.41) is 14.5. The van der Waals surface area contributed by atoms with Crippen LogP contribution in [0.4, 0.5) is 18.9 Å². The Morgan fingerprint density at radius 1 is 1.12 bits per heavy atom. The molecule has 34 heavy (non-hydrogen) atoms. The number of benzene rings is 1. The summed E-state index contributed by atoms with van der Waals surface area (Å²) in [5.74, 6) is -0.515. The highest BCUT2D eigenvalue weighted by atomic mass is 32.1. The molecule has 9 nitrogen and oxygen atoms in total. The van der Waals surface area contributed by atoms with Gasteiger partial charge in [-0.05, 0) is 37.6 Å². The van der Waals surface area contributed by atoms with Crippen molar-refractivity contribution < 1.29 is 18.0 Å². The second kappa shape index (κ2) is 8.02. The molecule has 1 amide bonds. The van der Waals surface area contributed by atoms with E-state index in [9.17, 15) is 18.0 Å². The van der Waals surface area contributed by atoms with Crippen LogP contribution in [0.5, 0.6) is 0 Å². The van der Waals surface area contributed by atoms with Gasteiger partial charge in [0.1, 0.15) is 5.52 Å². The first-order chi connectivity index (χ1) is 16.2. The van der Waals surface area contributed by atoms with E-state index in [-0.39, 0.29) is 11.4 Å². The van der Waals surface area contributed by atoms with Crippen LogP contribution in [0.2, 0.25) is 0 Å². The second-order valence-electron chi connectivity index (χ2n) is 7.33. The Bertz CT molecular complexity index is 1520. The van der Waals surface area contributed by atoms with Crippen LogP contribution in [0.25, 0.3) is 21.7 Å². The van der Waals surface area contributed by atoms with Crippen molar-refractivity contribution in [2.75, 3.05) is 5.32 Å². The highest BCUT2D eigenvalue weighted by molar-refractivity contribution is 7.16. The topological polar surface area (TPSA) is 103 Å². The van der Waals surface area contributed by atoms with Crippen LogP contribution in [0.3, 0.4) is 0 Å². The lowest BCUT2D eigenvalue weighted by Crippen LogP contribution is -2.21. The standard InChI is InChI=1S/C21H15F3N8OS/c1-11-8-14(12(2)29-19(11)32-26-6-7-27-32)30-20(33)13-9-28-31(18(13)21(22,23)24)15-4-3-5-16-17(15)25-10-34-16/h3-10H,1-2H3,(H,30,33). The Kier molecular flexibility index (Phi) is 5.12. The van der Waals surface area contributed by atoms with Crippen LogP contribution in [0.1, 0.15) is 27.3 Å². The van der Waals surface area contributed by atoms with E-state index in [4.69, 9.17) is 0 Å². The molecule has 0 aliphatic carbocycles. The Morgan fingerprint density at radius 2 is 1.88 bits per heavy atom. The monoisotopic (exact) mass is 484 g/mol. The van der Waals surface area contributed by atoms with Gasteiger partial charge in [0.05, 0.1) is 51.4 Å². The SMILES string of the molecule is Cc1cc(NC(=O)c2cnn(-c3cccc4scnc34)c2C(F)(F)F)c(C)nc1-n1nccn1. The molecule has 1 aromatic carbocycles. The summed E-state index contributed by atoms with van der Waals surface area (Å²) >= 11 is 1.30. The number of carbonyl (C=O) groups is 1. The van der Waals surface area contributed by atoms with Gasteiger partial charge in [-0.2, -0.15) is 28.5 Å². The summed E-state index contributed by atoms with van der Waals surface area (Å²) in [4.78, 5) is 22.8. The molecule has 0 aliphatic heterocycles. The zero-order chi connectivity index (χ0) is 24.0. The minimum atomic E-state index is -4.85. The van der Waals surface area contributed by atoms with Crippen molar-refractivity contribution in [2.45, 2.75) is 20.0 Å². The van der Waals surface area contributed by atoms with Crippen LogP contribution in [0, 0.1) is 13.8 Å². The fraction of sp³-hybridized carbons (Fsp3) is 0.143. The van der Waals surface area contributed by atoms with E-state index in [0.29, 0.717) is 32.0 Å². The number of anilines is 1. The number of carbonyl (C=O) groups excluding carboxylic acids is 1. The smallest absolute Gasteiger partial charge is 0.320 e. The molecular weight excluding hydrogens is 469 g/mol. The van der Waals surface area contributed by atoms with Gasteiger partial charge in [0.15, 0.2) is 11.5 Å². The number of rotatable bonds is 4. The number of hydrogen-bond donors (Lipinski definition) is 1. The van der Waals surface area contributed by atoms with Crippen molar-refractivity contribution in [1.82, 2.24) is 34.7 Å². The number of aryl methyl sites for hydroxylation is 2. The van der Waals surface area contributed by atoms with Crippen LogP contribution >= 0.6 is 11.3 Å². The van der Waals surface area contributed by atoms with Gasteiger partial charge in [-0.15, -0.1) is 16.1 Å². The predicted octanol–water partition coefficient (Wildman–Crippen LogP) is 4.35. The zero-order valence-corrected chi connectivity index (χ0v) is 18.5. The molecule has 0 radical (unpaired) electrons. The minimum absolute atomic E-state index is 0.134. The average Bonchev–Trinajstić information content (AvgIpc) is 3.55. The number of pyridine rings is 1. The Hall–Kier alpha value is -4.13. The second-order valence-corrected chi connectivity index (χ2v) is 8.21. The van der Waals surface area contributed by atoms with Crippen LogP contribution in [-0.2, 0) is 6.18 Å². The number of alkyl halides is 3. The van der Waals surface area contributed by atoms with Gasteiger partial charge in [-0.25, -0.2) is 14.6 Å². The number of halogens is 3. The van der Waals surface area contributed by atoms with E-state index in [2.05, 4.69) is 30.6 Å². The zero-order valence-electron chi connectivity index (χ0n) is 17.7. The number of nitrogens with one attached hydrogen (secondary N) is 1. The van der Waals surface area contributed by atoms with Gasteiger partial charge in [-0.3, -0.25) is 4.79 Å². The maximum Gasteiger partial charge on any atom is 0.434 e. The molecule has 0 aliphatic rings. The quantitative estimate of drug-likeness (QED) is 0.407. The Balaban J connectivity index is 1.54. The molecule has 4 heterocycles. The van der Waals surface area contributed by atoms with E-state index in [1.165, 1.54) is 34.6 Å². The van der Waals surface area contributed by atoms with Crippen molar-refractivity contribution >= 4 is 33.1 Å². The van der Waals surface area contributed by atoms with E-state index >= 15 is 0 Å². The highest BCUT2D eigenvalue weighted by Crippen LogP contribution is 2.36. The van der Waals surface area contributed by atoms with Gasteiger partial charge in [0.2, 0.25) is 0 Å². The number of para-hydroxylation sites is 1. The largest absolute Gasteiger partial charge is 0.434 e. The van der Waals surface area contributed by atoms with E-state index in [0.717, 1.165) is 6.20 Å². The first-order valence-corrected chi connectivity index (χ1v) is 10.8. The first-order valence-electron chi connectivity index (χ1n) is 9.88. The van der Waals surface area contributed by atoms with Crippen molar-refractivity contribution in [3.8, 4) is 11.5 Å². The van der Waals surface area contributed by atoms with Crippen molar-refractivity contribution in [1.29, 1.82) is 0 Å². The maximum atomic E-state index is 14.1. The Morgan fingerprint density at radius 3 is 2.62 bits per heavy atom. The highest BCUT2D eigenvalue weighted by Gasteiger charge is 2.41. The number of nitrogens with zero attached hydrogens (tertiary/aromatic N) is 7. The molecule has 0 atom stereocenters. The summed E-state index contributed by atoms with van der Waals surface area (Å²) in [7, 11) is 0. The average molecular weight is 484 g/mol. The molecule has 0 spiro atoms. The molecule has 5 rings (SSSR count). The van der Waals surface area contributed by atoms with Gasteiger partial charge < -0.3 is 5.32 Å². The summed E-state index contributed by atoms with van der Waals surface area (Å²) < 4.78 is 43.8. The number of thiazole rings is 1. The third-order valence-corrected chi connectivity index (χ3v) is 5.88. The predicted molar refractivity (Wildman–Crippen MR) is 118 cm³/mol. The molecule has 172 valence electrons. The fourth-order valence-corrected chi connectivity index (χ4v) is 4.25. The number of hydrogen-bond acceptors (Lipinski definition) is 7. The molecule has 5 aromatic rings. The first kappa shape index (κ1) is 21.7. The van der Waals surface area contributed by atoms with Crippen molar-refractivity contribution in [3.05, 3.63) is 70.9 Å². The summed E-state index contributed by atoms with van der Waals surface area (Å²) in [6.45, 7) is 3.35. The van der Waals surface area contributed by atoms with E-state index < -0.39 is 23.3 Å². The Labute approximate surface area is 193 Å². The van der Waals surface area contributed by atoms with Gasteiger partial charge >= 0.3 is 6.18 Å². The van der Waals surface area contributed by atoms with Crippen LogP contribution in [0.15, 0.2) is 48.4 Å². The van der Waals surface area contributed by atoms with E-state index in [1.54, 1.807) is 37.6 Å². The van der Waals surface area contributed by atoms with Crippen molar-refractivity contribution in [2.24, 2.45) is 0 Å². The van der Waals surface area contributed by atoms with Crippen LogP contribution in [-0.4, -0.2) is 40.6 Å². The van der Waals surface area contributed by atoms with Crippen molar-refractivity contribution in [3.63, 3.8) is 0 Å². The molecule has 13 heteroatoms. The van der Waals surface area contributed by atoms with Gasteiger partial charge in [-0.1, -0.05) is 6.07 Å². The lowest BCUT2D eigenvalue weighted by Gasteiger charge is -2.14. The number of fused-ring (bicyclic) bond motifs is 1. The molecular formula is C21H15F3N8OS. The lowest BCUT2D eigenvalue weighted by molar-refractivity contribution is -0.143. The van der Waals surface area contributed by atoms with E-state index in [1.807, 2.05) is 0 Å². The fourth-order valence-electron chi connectivity index (χ4n) is 3.55. The molecule has 0 saturated carbocycles.